The van der Waals surface area contributed by atoms with Crippen LogP contribution in [0.25, 0.3) is 0 Å². The minimum absolute atomic E-state index is 0.485. The predicted octanol–water partition coefficient (Wildman–Crippen LogP) is 3.49. The molecule has 0 aliphatic carbocycles. The maximum absolute atomic E-state index is 9.52. The summed E-state index contributed by atoms with van der Waals surface area (Å²) in [6.45, 7) is 1.92. The number of aryl methyl sites for hydroxylation is 1. The van der Waals surface area contributed by atoms with Crippen LogP contribution in [0.15, 0.2) is 18.2 Å². The molecule has 0 aromatic heterocycles. The maximum Gasteiger partial charge on any atom is 0.137 e. The van der Waals surface area contributed by atoms with Crippen molar-refractivity contribution in [2.24, 2.45) is 0 Å². The second-order valence-corrected chi connectivity index (χ2v) is 4.38. The van der Waals surface area contributed by atoms with E-state index in [9.17, 15) is 5.11 Å². The van der Waals surface area contributed by atoms with Gasteiger partial charge in [-0.1, -0.05) is 23.7 Å². The van der Waals surface area contributed by atoms with Crippen LogP contribution in [0.1, 0.15) is 17.2 Å². The van der Waals surface area contributed by atoms with Crippen LogP contribution in [0.2, 0.25) is 5.02 Å². The molecule has 4 heteroatoms. The molecule has 1 aromatic rings. The van der Waals surface area contributed by atoms with Crippen LogP contribution >= 0.6 is 34.8 Å². The number of halogens is 3. The van der Waals surface area contributed by atoms with Gasteiger partial charge in [0.05, 0.1) is 0 Å². The summed E-state index contributed by atoms with van der Waals surface area (Å²) in [4.78, 5) is -0.861. The van der Waals surface area contributed by atoms with Crippen molar-refractivity contribution >= 4 is 34.8 Å². The Morgan fingerprint density at radius 1 is 1.31 bits per heavy atom. The number of alkyl halides is 2. The summed E-state index contributed by atoms with van der Waals surface area (Å²) in [6, 6.07) is 5.33. The first kappa shape index (κ1) is 11.1. The third-order valence-electron chi connectivity index (χ3n) is 1.71. The highest BCUT2D eigenvalue weighted by atomic mass is 35.5. The Kier molecular flexibility index (Phi) is 3.87. The minimum Gasteiger partial charge on any atom is -0.386 e. The van der Waals surface area contributed by atoms with Gasteiger partial charge < -0.3 is 5.11 Å². The van der Waals surface area contributed by atoms with Crippen molar-refractivity contribution in [3.63, 3.8) is 0 Å². The first-order valence-corrected chi connectivity index (χ1v) is 4.99. The quantitative estimate of drug-likeness (QED) is 0.784. The third-order valence-corrected chi connectivity index (χ3v) is 2.52. The number of aliphatic hydroxyl groups is 1. The number of hydrogen-bond acceptors (Lipinski definition) is 1. The Balaban J connectivity index is 3.01. The van der Waals surface area contributed by atoms with Crippen LogP contribution < -0.4 is 0 Å². The first-order chi connectivity index (χ1) is 6.02. The smallest absolute Gasteiger partial charge is 0.137 e. The van der Waals surface area contributed by atoms with Gasteiger partial charge in [-0.25, -0.2) is 0 Å². The molecule has 0 aliphatic heterocycles. The van der Waals surface area contributed by atoms with Crippen LogP contribution in [0.4, 0.5) is 0 Å². The standard InChI is InChI=1S/C9H9Cl3O/c1-5-2-3-6(7(10)4-5)8(13)9(11)12/h2-4,8-9,13H,1H3. The van der Waals surface area contributed by atoms with E-state index < -0.39 is 10.9 Å². The number of hydrogen-bond donors (Lipinski definition) is 1. The van der Waals surface area contributed by atoms with Gasteiger partial charge in [0.15, 0.2) is 0 Å². The average molecular weight is 240 g/mol. The van der Waals surface area contributed by atoms with Crippen molar-refractivity contribution in [3.05, 3.63) is 34.3 Å². The first-order valence-electron chi connectivity index (χ1n) is 3.74. The van der Waals surface area contributed by atoms with Gasteiger partial charge in [-0.3, -0.25) is 0 Å². The molecule has 1 rings (SSSR count). The van der Waals surface area contributed by atoms with Gasteiger partial charge >= 0.3 is 0 Å². The van der Waals surface area contributed by atoms with Gasteiger partial charge in [0.1, 0.15) is 10.9 Å². The molecule has 13 heavy (non-hydrogen) atoms. The van der Waals surface area contributed by atoms with Crippen molar-refractivity contribution < 1.29 is 5.11 Å². The van der Waals surface area contributed by atoms with Gasteiger partial charge in [0, 0.05) is 10.6 Å². The Labute approximate surface area is 92.2 Å². The summed E-state index contributed by atoms with van der Waals surface area (Å²) in [5.41, 5.74) is 1.59. The van der Waals surface area contributed by atoms with Crippen molar-refractivity contribution in [2.75, 3.05) is 0 Å². The monoisotopic (exact) mass is 238 g/mol. The van der Waals surface area contributed by atoms with Gasteiger partial charge in [-0.2, -0.15) is 0 Å². The van der Waals surface area contributed by atoms with E-state index in [-0.39, 0.29) is 0 Å². The number of benzene rings is 1. The maximum atomic E-state index is 9.52. The van der Waals surface area contributed by atoms with E-state index in [0.29, 0.717) is 10.6 Å². The van der Waals surface area contributed by atoms with Crippen LogP contribution in [0.5, 0.6) is 0 Å². The molecule has 0 radical (unpaired) electrons. The SMILES string of the molecule is Cc1ccc(C(O)C(Cl)Cl)c(Cl)c1. The Bertz CT molecular complexity index is 299. The van der Waals surface area contributed by atoms with E-state index in [1.165, 1.54) is 0 Å². The molecule has 0 heterocycles. The van der Waals surface area contributed by atoms with E-state index in [1.54, 1.807) is 12.1 Å². The summed E-state index contributed by atoms with van der Waals surface area (Å²) in [6.07, 6.45) is -0.934. The molecular formula is C9H9Cl3O. The van der Waals surface area contributed by atoms with Gasteiger partial charge in [-0.05, 0) is 18.6 Å². The van der Waals surface area contributed by atoms with Crippen LogP contribution in [-0.2, 0) is 0 Å². The van der Waals surface area contributed by atoms with Crippen molar-refractivity contribution in [3.8, 4) is 0 Å². The second-order valence-electron chi connectivity index (χ2n) is 2.80. The predicted molar refractivity (Wildman–Crippen MR) is 56.6 cm³/mol. The molecule has 1 aromatic carbocycles. The zero-order chi connectivity index (χ0) is 10.0. The molecule has 1 nitrogen and oxygen atoms in total. The zero-order valence-corrected chi connectivity index (χ0v) is 9.24. The van der Waals surface area contributed by atoms with Crippen molar-refractivity contribution in [2.45, 2.75) is 17.9 Å². The molecule has 0 aliphatic rings. The second kappa shape index (κ2) is 4.52. The Hall–Kier alpha value is 0.0500. The normalized spacial score (nSPS) is 13.4. The zero-order valence-electron chi connectivity index (χ0n) is 6.97. The van der Waals surface area contributed by atoms with E-state index >= 15 is 0 Å². The lowest BCUT2D eigenvalue weighted by atomic mass is 10.1. The summed E-state index contributed by atoms with van der Waals surface area (Å²) in [5, 5.41) is 10.0. The number of aliphatic hydroxyl groups excluding tert-OH is 1. The van der Waals surface area contributed by atoms with Crippen LogP contribution in [-0.4, -0.2) is 9.94 Å². The fraction of sp³-hybridized carbons (Fsp3) is 0.333. The Morgan fingerprint density at radius 3 is 2.38 bits per heavy atom. The van der Waals surface area contributed by atoms with Gasteiger partial charge in [0.25, 0.3) is 0 Å². The molecule has 0 bridgehead atoms. The third kappa shape index (κ3) is 2.75. The molecule has 72 valence electrons. The lowest BCUT2D eigenvalue weighted by molar-refractivity contribution is 0.193. The highest BCUT2D eigenvalue weighted by Crippen LogP contribution is 2.29. The molecule has 0 saturated heterocycles. The molecule has 0 amide bonds. The van der Waals surface area contributed by atoms with Crippen LogP contribution in [0, 0.1) is 6.92 Å². The summed E-state index contributed by atoms with van der Waals surface area (Å²) >= 11 is 17.0. The Morgan fingerprint density at radius 2 is 1.92 bits per heavy atom. The summed E-state index contributed by atoms with van der Waals surface area (Å²) in [7, 11) is 0. The van der Waals surface area contributed by atoms with E-state index in [4.69, 9.17) is 34.8 Å². The summed E-state index contributed by atoms with van der Waals surface area (Å²) in [5.74, 6) is 0. The van der Waals surface area contributed by atoms with E-state index in [1.807, 2.05) is 13.0 Å². The molecule has 0 fully saturated rings. The number of rotatable bonds is 2. The lowest BCUT2D eigenvalue weighted by Crippen LogP contribution is -2.06. The van der Waals surface area contributed by atoms with E-state index in [0.717, 1.165) is 5.56 Å². The molecule has 0 spiro atoms. The molecule has 1 unspecified atom stereocenters. The van der Waals surface area contributed by atoms with Crippen LogP contribution in [0.3, 0.4) is 0 Å². The van der Waals surface area contributed by atoms with Crippen molar-refractivity contribution in [1.29, 1.82) is 0 Å². The van der Waals surface area contributed by atoms with Gasteiger partial charge in [0.2, 0.25) is 0 Å². The molecule has 1 atom stereocenters. The highest BCUT2D eigenvalue weighted by Gasteiger charge is 2.18. The molecule has 1 N–H and O–H groups in total. The topological polar surface area (TPSA) is 20.2 Å². The molecule has 0 saturated carbocycles. The average Bonchev–Trinajstić information content (AvgIpc) is 2.03. The highest BCUT2D eigenvalue weighted by molar-refractivity contribution is 6.44. The largest absolute Gasteiger partial charge is 0.386 e. The molecular weight excluding hydrogens is 230 g/mol. The van der Waals surface area contributed by atoms with E-state index in [2.05, 4.69) is 0 Å². The van der Waals surface area contributed by atoms with Crippen molar-refractivity contribution in [1.82, 2.24) is 0 Å². The lowest BCUT2D eigenvalue weighted by Gasteiger charge is -2.13. The minimum atomic E-state index is -0.934. The fourth-order valence-corrected chi connectivity index (χ4v) is 1.63. The fourth-order valence-electron chi connectivity index (χ4n) is 1.01. The summed E-state index contributed by atoms with van der Waals surface area (Å²) < 4.78 is 0. The van der Waals surface area contributed by atoms with Gasteiger partial charge in [-0.15, -0.1) is 23.2 Å².